The Morgan fingerprint density at radius 2 is 2.04 bits per heavy atom. The van der Waals surface area contributed by atoms with Crippen LogP contribution >= 0.6 is 12.2 Å². The number of ether oxygens (including phenoxy) is 2. The number of H-pyrrole nitrogens is 1. The van der Waals surface area contributed by atoms with Gasteiger partial charge in [-0.05, 0) is 37.7 Å². The van der Waals surface area contributed by atoms with Gasteiger partial charge >= 0.3 is 5.97 Å². The molecule has 1 aromatic heterocycles. The first-order chi connectivity index (χ1) is 12.4. The van der Waals surface area contributed by atoms with E-state index in [1.54, 1.807) is 35.0 Å². The van der Waals surface area contributed by atoms with Crippen LogP contribution in [0, 0.1) is 10.7 Å². The Morgan fingerprint density at radius 3 is 2.65 bits per heavy atom. The van der Waals surface area contributed by atoms with Gasteiger partial charge in [0, 0.05) is 18.2 Å². The summed E-state index contributed by atoms with van der Waals surface area (Å²) in [5, 5.41) is 0. The molecule has 7 heteroatoms. The fraction of sp³-hybridized carbons (Fsp3) is 0.421. The second-order valence-corrected chi connectivity index (χ2v) is 7.07. The minimum Gasteiger partial charge on any atom is -0.451 e. The topological polar surface area (TPSA) is 73.3 Å². The van der Waals surface area contributed by atoms with Crippen LogP contribution in [0.15, 0.2) is 47.4 Å². The number of aromatic nitrogens is 2. The Bertz CT molecular complexity index is 908. The van der Waals surface area contributed by atoms with Crippen LogP contribution in [-0.4, -0.2) is 27.2 Å². The number of hydrogen-bond acceptors (Lipinski definition) is 5. The minimum absolute atomic E-state index is 0.0565. The van der Waals surface area contributed by atoms with Gasteiger partial charge in [-0.15, -0.1) is 0 Å². The summed E-state index contributed by atoms with van der Waals surface area (Å²) >= 11 is 5.29. The van der Waals surface area contributed by atoms with Crippen molar-refractivity contribution in [1.29, 1.82) is 0 Å². The number of nitrogens with zero attached hydrogens (tertiary/aromatic N) is 1. The maximum atomic E-state index is 12.7. The largest absolute Gasteiger partial charge is 0.451 e. The highest BCUT2D eigenvalue weighted by atomic mass is 32.1. The van der Waals surface area contributed by atoms with Crippen LogP contribution in [0.1, 0.15) is 43.8 Å². The lowest BCUT2D eigenvalue weighted by Gasteiger charge is -2.34. The number of carbonyl (C=O) groups is 1. The van der Waals surface area contributed by atoms with E-state index in [1.807, 2.05) is 26.8 Å². The zero-order valence-corrected chi connectivity index (χ0v) is 15.8. The molecule has 1 aromatic carbocycles. The van der Waals surface area contributed by atoms with E-state index >= 15 is 0 Å². The first-order valence-electron chi connectivity index (χ1n) is 8.62. The molecule has 1 unspecified atom stereocenters. The van der Waals surface area contributed by atoms with Gasteiger partial charge < -0.3 is 9.47 Å². The summed E-state index contributed by atoms with van der Waals surface area (Å²) in [6.45, 7) is 5.88. The highest BCUT2D eigenvalue weighted by Crippen LogP contribution is 2.46. The van der Waals surface area contributed by atoms with Crippen LogP contribution in [0.3, 0.4) is 0 Å². The molecule has 0 amide bonds. The standard InChI is InChI=1S/C19H22N2O4S/c1-4-14-12(2)19(3,25-16(23)13-8-6-5-7-9-13)17(24-14)21-11-10-15(22)20-18(21)26/h5-12,14,17H,4H2,1-3H3,(H,20,22,26)/t12-,14+,17+,19?/m0/s1. The Hall–Kier alpha value is -2.25. The zero-order chi connectivity index (χ0) is 18.9. The second-order valence-electron chi connectivity index (χ2n) is 6.68. The molecule has 4 atom stereocenters. The predicted octanol–water partition coefficient (Wildman–Crippen LogP) is 3.47. The fourth-order valence-electron chi connectivity index (χ4n) is 3.39. The molecule has 2 aromatic rings. The van der Waals surface area contributed by atoms with Gasteiger partial charge in [-0.3, -0.25) is 14.3 Å². The van der Waals surface area contributed by atoms with Crippen LogP contribution in [0.2, 0.25) is 0 Å². The molecule has 0 radical (unpaired) electrons. The third-order valence-corrected chi connectivity index (χ3v) is 5.40. The summed E-state index contributed by atoms with van der Waals surface area (Å²) in [6, 6.07) is 10.2. The third-order valence-electron chi connectivity index (χ3n) is 5.08. The summed E-state index contributed by atoms with van der Waals surface area (Å²) in [4.78, 5) is 26.8. The van der Waals surface area contributed by atoms with Crippen molar-refractivity contribution in [3.05, 3.63) is 63.3 Å². The molecule has 3 rings (SSSR count). The van der Waals surface area contributed by atoms with Crippen molar-refractivity contribution in [2.24, 2.45) is 5.92 Å². The lowest BCUT2D eigenvalue weighted by atomic mass is 9.86. The molecular formula is C19H22N2O4S. The Balaban J connectivity index is 2.00. The van der Waals surface area contributed by atoms with Gasteiger partial charge in [-0.2, -0.15) is 0 Å². The molecule has 6 nitrogen and oxygen atoms in total. The minimum atomic E-state index is -0.940. The Morgan fingerprint density at radius 1 is 1.35 bits per heavy atom. The molecule has 2 heterocycles. The molecule has 0 spiro atoms. The Kier molecular flexibility index (Phi) is 5.11. The van der Waals surface area contributed by atoms with Crippen LogP contribution in [0.5, 0.6) is 0 Å². The van der Waals surface area contributed by atoms with Crippen molar-refractivity contribution in [3.8, 4) is 0 Å². The number of aromatic amines is 1. The SMILES string of the molecule is CC[C@H]1O[C@@H](n2ccc(=O)[nH]c2=S)C(C)(OC(=O)c2ccccc2)[C@H]1C. The Labute approximate surface area is 156 Å². The highest BCUT2D eigenvalue weighted by molar-refractivity contribution is 7.71. The van der Waals surface area contributed by atoms with Crippen molar-refractivity contribution < 1.29 is 14.3 Å². The molecule has 0 bridgehead atoms. The number of hydrogen-bond donors (Lipinski definition) is 1. The van der Waals surface area contributed by atoms with E-state index in [9.17, 15) is 9.59 Å². The van der Waals surface area contributed by atoms with Crippen LogP contribution < -0.4 is 5.56 Å². The monoisotopic (exact) mass is 374 g/mol. The lowest BCUT2D eigenvalue weighted by molar-refractivity contribution is -0.0974. The summed E-state index contributed by atoms with van der Waals surface area (Å²) < 4.78 is 14.0. The van der Waals surface area contributed by atoms with Crippen LogP contribution in [0.25, 0.3) is 0 Å². The van der Waals surface area contributed by atoms with Crippen LogP contribution in [-0.2, 0) is 9.47 Å². The van der Waals surface area contributed by atoms with Gasteiger partial charge in [0.25, 0.3) is 5.56 Å². The molecule has 1 aliphatic rings. The van der Waals surface area contributed by atoms with E-state index < -0.39 is 17.8 Å². The van der Waals surface area contributed by atoms with Crippen molar-refractivity contribution in [2.75, 3.05) is 0 Å². The van der Waals surface area contributed by atoms with Crippen molar-refractivity contribution in [3.63, 3.8) is 0 Å². The number of esters is 1. The third kappa shape index (κ3) is 3.24. The van der Waals surface area contributed by atoms with Crippen molar-refractivity contribution in [1.82, 2.24) is 9.55 Å². The molecule has 138 valence electrons. The fourth-order valence-corrected chi connectivity index (χ4v) is 3.65. The summed E-state index contributed by atoms with van der Waals surface area (Å²) in [5.74, 6) is -0.472. The molecule has 0 aliphatic carbocycles. The van der Waals surface area contributed by atoms with E-state index in [4.69, 9.17) is 21.7 Å². The molecule has 1 aliphatic heterocycles. The van der Waals surface area contributed by atoms with E-state index in [1.165, 1.54) is 6.07 Å². The van der Waals surface area contributed by atoms with Crippen molar-refractivity contribution in [2.45, 2.75) is 45.1 Å². The zero-order valence-electron chi connectivity index (χ0n) is 15.0. The molecule has 0 saturated carbocycles. The maximum absolute atomic E-state index is 12.7. The molecule has 26 heavy (non-hydrogen) atoms. The van der Waals surface area contributed by atoms with Gasteiger partial charge in [-0.25, -0.2) is 4.79 Å². The van der Waals surface area contributed by atoms with E-state index in [2.05, 4.69) is 4.98 Å². The lowest BCUT2D eigenvalue weighted by Crippen LogP contribution is -2.43. The predicted molar refractivity (Wildman–Crippen MR) is 99.5 cm³/mol. The normalized spacial score (nSPS) is 28.0. The van der Waals surface area contributed by atoms with Gasteiger partial charge in [0.05, 0.1) is 11.7 Å². The van der Waals surface area contributed by atoms with Gasteiger partial charge in [0.2, 0.25) is 0 Å². The van der Waals surface area contributed by atoms with Gasteiger partial charge in [-0.1, -0.05) is 32.0 Å². The molecule has 1 N–H and O–H groups in total. The van der Waals surface area contributed by atoms with Gasteiger partial charge in [0.15, 0.2) is 16.6 Å². The van der Waals surface area contributed by atoms with Gasteiger partial charge in [0.1, 0.15) is 0 Å². The van der Waals surface area contributed by atoms with Crippen LogP contribution in [0.4, 0.5) is 0 Å². The van der Waals surface area contributed by atoms with E-state index in [0.717, 1.165) is 6.42 Å². The number of rotatable bonds is 4. The van der Waals surface area contributed by atoms with E-state index in [-0.39, 0.29) is 22.4 Å². The molecular weight excluding hydrogens is 352 g/mol. The van der Waals surface area contributed by atoms with Crippen molar-refractivity contribution >= 4 is 18.2 Å². The summed E-state index contributed by atoms with van der Waals surface area (Å²) in [5.41, 5.74) is -0.749. The first kappa shape index (κ1) is 18.5. The number of benzene rings is 1. The first-order valence-corrected chi connectivity index (χ1v) is 9.03. The summed E-state index contributed by atoms with van der Waals surface area (Å²) in [7, 11) is 0. The average molecular weight is 374 g/mol. The number of nitrogens with one attached hydrogen (secondary N) is 1. The summed E-state index contributed by atoms with van der Waals surface area (Å²) in [6.07, 6.45) is 1.62. The molecule has 1 saturated heterocycles. The smallest absolute Gasteiger partial charge is 0.338 e. The maximum Gasteiger partial charge on any atom is 0.338 e. The average Bonchev–Trinajstić information content (AvgIpc) is 2.87. The second kappa shape index (κ2) is 7.17. The van der Waals surface area contributed by atoms with E-state index in [0.29, 0.717) is 5.56 Å². The molecule has 1 fully saturated rings. The highest BCUT2D eigenvalue weighted by Gasteiger charge is 2.54. The quantitative estimate of drug-likeness (QED) is 0.655. The number of carbonyl (C=O) groups excluding carboxylic acids is 1.